The maximum absolute atomic E-state index is 5.71. The number of ether oxygens (including phenoxy) is 2. The zero-order chi connectivity index (χ0) is 13.7. The van der Waals surface area contributed by atoms with Gasteiger partial charge in [0, 0.05) is 44.4 Å². The molecule has 0 saturated carbocycles. The van der Waals surface area contributed by atoms with Crippen molar-refractivity contribution < 1.29 is 9.47 Å². The maximum atomic E-state index is 5.71. The average Bonchev–Trinajstić information content (AvgIpc) is 2.62. The standard InChI is InChI=1S/C15H24N2O2/c1-12(2)16-7-8-17(3)13-5-6-14-15(11-13)19-10-4-9-18-14/h5-6,11-12,16H,4,7-10H2,1-3H3. The van der Waals surface area contributed by atoms with Crippen molar-refractivity contribution in [3.05, 3.63) is 18.2 Å². The molecular formula is C15H24N2O2. The van der Waals surface area contributed by atoms with E-state index in [2.05, 4.69) is 43.2 Å². The molecule has 1 aromatic carbocycles. The lowest BCUT2D eigenvalue weighted by Gasteiger charge is -2.21. The second-order valence-electron chi connectivity index (χ2n) is 5.21. The summed E-state index contributed by atoms with van der Waals surface area (Å²) in [5.74, 6) is 1.72. The van der Waals surface area contributed by atoms with E-state index in [1.54, 1.807) is 0 Å². The van der Waals surface area contributed by atoms with E-state index in [1.165, 1.54) is 0 Å². The van der Waals surface area contributed by atoms with E-state index in [4.69, 9.17) is 9.47 Å². The van der Waals surface area contributed by atoms with Gasteiger partial charge in [0.25, 0.3) is 0 Å². The molecule has 0 spiro atoms. The first-order chi connectivity index (χ1) is 9.16. The molecule has 0 bridgehead atoms. The summed E-state index contributed by atoms with van der Waals surface area (Å²) in [5, 5.41) is 3.42. The molecular weight excluding hydrogens is 240 g/mol. The summed E-state index contributed by atoms with van der Waals surface area (Å²) in [6, 6.07) is 6.68. The van der Waals surface area contributed by atoms with Crippen molar-refractivity contribution in [2.75, 3.05) is 38.3 Å². The molecule has 0 amide bonds. The van der Waals surface area contributed by atoms with Crippen LogP contribution >= 0.6 is 0 Å². The third-order valence-electron chi connectivity index (χ3n) is 3.17. The molecule has 4 nitrogen and oxygen atoms in total. The first-order valence-corrected chi connectivity index (χ1v) is 7.01. The highest BCUT2D eigenvalue weighted by molar-refractivity contribution is 5.56. The van der Waals surface area contributed by atoms with Crippen LogP contribution in [0.4, 0.5) is 5.69 Å². The van der Waals surface area contributed by atoms with Gasteiger partial charge in [0.2, 0.25) is 0 Å². The van der Waals surface area contributed by atoms with Crippen molar-refractivity contribution in [2.24, 2.45) is 0 Å². The van der Waals surface area contributed by atoms with E-state index >= 15 is 0 Å². The van der Waals surface area contributed by atoms with E-state index in [-0.39, 0.29) is 0 Å². The third-order valence-corrected chi connectivity index (χ3v) is 3.17. The summed E-state index contributed by atoms with van der Waals surface area (Å²) in [7, 11) is 2.10. The molecule has 4 heteroatoms. The molecule has 0 aliphatic carbocycles. The molecule has 1 aliphatic rings. The highest BCUT2D eigenvalue weighted by atomic mass is 16.5. The maximum Gasteiger partial charge on any atom is 0.163 e. The van der Waals surface area contributed by atoms with Gasteiger partial charge in [-0.05, 0) is 12.1 Å². The van der Waals surface area contributed by atoms with E-state index in [0.29, 0.717) is 6.04 Å². The van der Waals surface area contributed by atoms with Gasteiger partial charge in [0.05, 0.1) is 13.2 Å². The second-order valence-corrected chi connectivity index (χ2v) is 5.21. The largest absolute Gasteiger partial charge is 0.490 e. The molecule has 2 rings (SSSR count). The third kappa shape index (κ3) is 4.03. The first kappa shape index (κ1) is 14.0. The minimum Gasteiger partial charge on any atom is -0.490 e. The van der Waals surface area contributed by atoms with Crippen molar-refractivity contribution in [1.29, 1.82) is 0 Å². The summed E-state index contributed by atoms with van der Waals surface area (Å²) in [6.07, 6.45) is 0.943. The lowest BCUT2D eigenvalue weighted by Crippen LogP contribution is -2.32. The Morgan fingerprint density at radius 3 is 2.68 bits per heavy atom. The van der Waals surface area contributed by atoms with Gasteiger partial charge in [-0.1, -0.05) is 13.8 Å². The van der Waals surface area contributed by atoms with E-state index in [1.807, 2.05) is 6.07 Å². The Morgan fingerprint density at radius 1 is 1.21 bits per heavy atom. The smallest absolute Gasteiger partial charge is 0.163 e. The average molecular weight is 264 g/mol. The number of likely N-dealkylation sites (N-methyl/N-ethyl adjacent to an activating group) is 1. The second kappa shape index (κ2) is 6.66. The normalized spacial score (nSPS) is 14.3. The Balaban J connectivity index is 1.98. The summed E-state index contributed by atoms with van der Waals surface area (Å²) >= 11 is 0. The molecule has 1 aromatic rings. The van der Waals surface area contributed by atoms with Crippen molar-refractivity contribution in [1.82, 2.24) is 5.32 Å². The number of fused-ring (bicyclic) bond motifs is 1. The Morgan fingerprint density at radius 2 is 1.95 bits per heavy atom. The van der Waals surface area contributed by atoms with Crippen LogP contribution in [0.1, 0.15) is 20.3 Å². The number of nitrogens with zero attached hydrogens (tertiary/aromatic N) is 1. The molecule has 1 N–H and O–H groups in total. The molecule has 1 aliphatic heterocycles. The lowest BCUT2D eigenvalue weighted by molar-refractivity contribution is 0.297. The zero-order valence-corrected chi connectivity index (χ0v) is 12.1. The summed E-state index contributed by atoms with van der Waals surface area (Å²) in [4.78, 5) is 2.23. The predicted molar refractivity (Wildman–Crippen MR) is 78.5 cm³/mol. The molecule has 0 radical (unpaired) electrons. The molecule has 106 valence electrons. The number of rotatable bonds is 5. The SMILES string of the molecule is CC(C)NCCN(C)c1ccc2c(c1)OCCCO2. The predicted octanol–water partition coefficient (Wildman–Crippen LogP) is 2.28. The van der Waals surface area contributed by atoms with Crippen LogP contribution in [-0.4, -0.2) is 39.4 Å². The van der Waals surface area contributed by atoms with Crippen molar-refractivity contribution in [2.45, 2.75) is 26.3 Å². The van der Waals surface area contributed by atoms with Gasteiger partial charge < -0.3 is 19.7 Å². The molecule has 0 unspecified atom stereocenters. The van der Waals surface area contributed by atoms with Crippen LogP contribution in [0.5, 0.6) is 11.5 Å². The molecule has 0 fully saturated rings. The minimum absolute atomic E-state index is 0.525. The Hall–Kier alpha value is -1.42. The van der Waals surface area contributed by atoms with Crippen molar-refractivity contribution >= 4 is 5.69 Å². The number of anilines is 1. The van der Waals surface area contributed by atoms with E-state index in [0.717, 1.165) is 49.9 Å². The van der Waals surface area contributed by atoms with Crippen LogP contribution in [-0.2, 0) is 0 Å². The van der Waals surface area contributed by atoms with Crippen LogP contribution in [0.25, 0.3) is 0 Å². The molecule has 0 aromatic heterocycles. The summed E-state index contributed by atoms with van der Waals surface area (Å²) in [5.41, 5.74) is 1.16. The van der Waals surface area contributed by atoms with Gasteiger partial charge in [-0.2, -0.15) is 0 Å². The first-order valence-electron chi connectivity index (χ1n) is 7.01. The minimum atomic E-state index is 0.525. The Kier molecular flexibility index (Phi) is 4.91. The van der Waals surface area contributed by atoms with Crippen LogP contribution in [0.15, 0.2) is 18.2 Å². The summed E-state index contributed by atoms with van der Waals surface area (Å²) in [6.45, 7) is 7.73. The van der Waals surface area contributed by atoms with Crippen LogP contribution in [0.2, 0.25) is 0 Å². The van der Waals surface area contributed by atoms with Crippen LogP contribution < -0.4 is 19.7 Å². The molecule has 0 saturated heterocycles. The fraction of sp³-hybridized carbons (Fsp3) is 0.600. The number of hydrogen-bond donors (Lipinski definition) is 1. The van der Waals surface area contributed by atoms with Gasteiger partial charge in [-0.3, -0.25) is 0 Å². The fourth-order valence-corrected chi connectivity index (χ4v) is 2.04. The zero-order valence-electron chi connectivity index (χ0n) is 12.1. The molecule has 0 atom stereocenters. The van der Waals surface area contributed by atoms with Gasteiger partial charge >= 0.3 is 0 Å². The van der Waals surface area contributed by atoms with Crippen molar-refractivity contribution in [3.63, 3.8) is 0 Å². The monoisotopic (exact) mass is 264 g/mol. The van der Waals surface area contributed by atoms with Gasteiger partial charge in [0.1, 0.15) is 0 Å². The number of benzene rings is 1. The molecule has 1 heterocycles. The van der Waals surface area contributed by atoms with Crippen LogP contribution in [0, 0.1) is 0 Å². The van der Waals surface area contributed by atoms with Crippen LogP contribution in [0.3, 0.4) is 0 Å². The molecule has 19 heavy (non-hydrogen) atoms. The Labute approximate surface area is 115 Å². The van der Waals surface area contributed by atoms with Gasteiger partial charge in [-0.25, -0.2) is 0 Å². The highest BCUT2D eigenvalue weighted by Crippen LogP contribution is 2.33. The van der Waals surface area contributed by atoms with Crippen molar-refractivity contribution in [3.8, 4) is 11.5 Å². The number of nitrogens with one attached hydrogen (secondary N) is 1. The summed E-state index contributed by atoms with van der Waals surface area (Å²) < 4.78 is 11.4. The number of hydrogen-bond acceptors (Lipinski definition) is 4. The quantitative estimate of drug-likeness (QED) is 0.884. The lowest BCUT2D eigenvalue weighted by atomic mass is 10.2. The van der Waals surface area contributed by atoms with E-state index < -0.39 is 0 Å². The topological polar surface area (TPSA) is 33.7 Å². The van der Waals surface area contributed by atoms with E-state index in [9.17, 15) is 0 Å². The fourth-order valence-electron chi connectivity index (χ4n) is 2.04. The highest BCUT2D eigenvalue weighted by Gasteiger charge is 2.12. The van der Waals surface area contributed by atoms with Gasteiger partial charge in [-0.15, -0.1) is 0 Å². The Bertz CT molecular complexity index is 407. The van der Waals surface area contributed by atoms with Gasteiger partial charge in [0.15, 0.2) is 11.5 Å².